The molecule has 0 aliphatic rings. The average Bonchev–Trinajstić information content (AvgIpc) is 2.36. The lowest BCUT2D eigenvalue weighted by atomic mass is 10.2. The largest absolute Gasteiger partial charge is 0.493 e. The average molecular weight is 274 g/mol. The fourth-order valence-electron chi connectivity index (χ4n) is 1.64. The predicted octanol–water partition coefficient (Wildman–Crippen LogP) is 2.48. The molecule has 5 heteroatoms. The minimum Gasteiger partial charge on any atom is -0.493 e. The van der Waals surface area contributed by atoms with Gasteiger partial charge in [-0.25, -0.2) is 0 Å². The van der Waals surface area contributed by atoms with E-state index in [9.17, 15) is 0 Å². The fraction of sp³-hybridized carbons (Fsp3) is 0.538. The number of nitrogens with one attached hydrogen (secondary N) is 1. The van der Waals surface area contributed by atoms with E-state index < -0.39 is 0 Å². The van der Waals surface area contributed by atoms with E-state index in [2.05, 4.69) is 5.32 Å². The highest BCUT2D eigenvalue weighted by molar-refractivity contribution is 6.30. The highest BCUT2D eigenvalue weighted by Crippen LogP contribution is 2.34. The first-order chi connectivity index (χ1) is 8.72. The molecule has 1 rings (SSSR count). The van der Waals surface area contributed by atoms with Crippen LogP contribution in [0.3, 0.4) is 0 Å². The number of methoxy groups -OCH3 is 2. The zero-order valence-corrected chi connectivity index (χ0v) is 11.8. The Morgan fingerprint density at radius 3 is 2.61 bits per heavy atom. The molecule has 0 fully saturated rings. The smallest absolute Gasteiger partial charge is 0.165 e. The molecule has 0 unspecified atom stereocenters. The first kappa shape index (κ1) is 15.1. The maximum absolute atomic E-state index is 6.04. The molecule has 0 aromatic heterocycles. The first-order valence-electron chi connectivity index (χ1n) is 5.85. The van der Waals surface area contributed by atoms with Gasteiger partial charge < -0.3 is 19.5 Å². The zero-order chi connectivity index (χ0) is 13.4. The maximum atomic E-state index is 6.04. The summed E-state index contributed by atoms with van der Waals surface area (Å²) in [4.78, 5) is 0. The van der Waals surface area contributed by atoms with E-state index in [-0.39, 0.29) is 0 Å². The number of ether oxygens (including phenoxy) is 3. The van der Waals surface area contributed by atoms with Crippen LogP contribution in [0.1, 0.15) is 12.0 Å². The molecule has 4 nitrogen and oxygen atoms in total. The molecule has 0 saturated carbocycles. The van der Waals surface area contributed by atoms with E-state index in [4.69, 9.17) is 25.8 Å². The summed E-state index contributed by atoms with van der Waals surface area (Å²) >= 11 is 6.04. The summed E-state index contributed by atoms with van der Waals surface area (Å²) < 4.78 is 16.1. The fourth-order valence-corrected chi connectivity index (χ4v) is 1.87. The van der Waals surface area contributed by atoms with Gasteiger partial charge in [-0.3, -0.25) is 0 Å². The molecular weight excluding hydrogens is 254 g/mol. The SMILES string of the molecule is CNCc1cc(Cl)cc(OC)c1OCCCOC. The lowest BCUT2D eigenvalue weighted by Crippen LogP contribution is -2.10. The Morgan fingerprint density at radius 1 is 1.22 bits per heavy atom. The van der Waals surface area contributed by atoms with Crippen molar-refractivity contribution in [1.29, 1.82) is 0 Å². The van der Waals surface area contributed by atoms with Gasteiger partial charge in [0.15, 0.2) is 11.5 Å². The van der Waals surface area contributed by atoms with E-state index in [1.807, 2.05) is 13.1 Å². The summed E-state index contributed by atoms with van der Waals surface area (Å²) in [6, 6.07) is 3.64. The molecule has 0 spiro atoms. The van der Waals surface area contributed by atoms with Crippen LogP contribution in [0.15, 0.2) is 12.1 Å². The summed E-state index contributed by atoms with van der Waals surface area (Å²) in [5.41, 5.74) is 0.985. The third kappa shape index (κ3) is 4.37. The summed E-state index contributed by atoms with van der Waals surface area (Å²) in [5.74, 6) is 1.40. The van der Waals surface area contributed by atoms with Gasteiger partial charge in [-0.15, -0.1) is 0 Å². The molecule has 1 aromatic carbocycles. The van der Waals surface area contributed by atoms with Crippen molar-refractivity contribution in [2.45, 2.75) is 13.0 Å². The van der Waals surface area contributed by atoms with E-state index in [0.29, 0.717) is 30.5 Å². The van der Waals surface area contributed by atoms with Gasteiger partial charge in [0.25, 0.3) is 0 Å². The summed E-state index contributed by atoms with van der Waals surface area (Å²) in [6.45, 7) is 1.94. The van der Waals surface area contributed by atoms with Crippen LogP contribution >= 0.6 is 11.6 Å². The number of hydrogen-bond donors (Lipinski definition) is 1. The van der Waals surface area contributed by atoms with E-state index in [1.165, 1.54) is 0 Å². The van der Waals surface area contributed by atoms with Crippen molar-refractivity contribution in [1.82, 2.24) is 5.32 Å². The minimum absolute atomic E-state index is 0.586. The molecule has 1 N–H and O–H groups in total. The molecule has 0 aliphatic heterocycles. The molecule has 0 atom stereocenters. The molecule has 0 heterocycles. The van der Waals surface area contributed by atoms with Crippen LogP contribution in [0, 0.1) is 0 Å². The topological polar surface area (TPSA) is 39.7 Å². The van der Waals surface area contributed by atoms with Crippen LogP contribution in [-0.2, 0) is 11.3 Å². The molecule has 18 heavy (non-hydrogen) atoms. The summed E-state index contributed by atoms with van der Waals surface area (Å²) in [6.07, 6.45) is 0.835. The van der Waals surface area contributed by atoms with Crippen LogP contribution in [0.2, 0.25) is 5.02 Å². The van der Waals surface area contributed by atoms with Gasteiger partial charge >= 0.3 is 0 Å². The van der Waals surface area contributed by atoms with Gasteiger partial charge in [0.1, 0.15) is 0 Å². The second kappa shape index (κ2) is 8.19. The Balaban J connectivity index is 2.83. The van der Waals surface area contributed by atoms with Gasteiger partial charge in [0.05, 0.1) is 13.7 Å². The normalized spacial score (nSPS) is 10.4. The lowest BCUT2D eigenvalue weighted by Gasteiger charge is -2.15. The van der Waals surface area contributed by atoms with Crippen molar-refractivity contribution >= 4 is 11.6 Å². The number of rotatable bonds is 8. The zero-order valence-electron chi connectivity index (χ0n) is 11.1. The van der Waals surface area contributed by atoms with Crippen molar-refractivity contribution in [3.63, 3.8) is 0 Å². The maximum Gasteiger partial charge on any atom is 0.165 e. The van der Waals surface area contributed by atoms with Gasteiger partial charge in [0, 0.05) is 43.3 Å². The number of halogens is 1. The molecular formula is C13H20ClNO3. The summed E-state index contributed by atoms with van der Waals surface area (Å²) in [5, 5.41) is 3.73. The van der Waals surface area contributed by atoms with Crippen LogP contribution in [0.4, 0.5) is 0 Å². The lowest BCUT2D eigenvalue weighted by molar-refractivity contribution is 0.170. The molecule has 1 aromatic rings. The second-order valence-corrected chi connectivity index (χ2v) is 4.26. The third-order valence-corrected chi connectivity index (χ3v) is 2.64. The second-order valence-electron chi connectivity index (χ2n) is 3.82. The van der Waals surface area contributed by atoms with E-state index >= 15 is 0 Å². The van der Waals surface area contributed by atoms with Crippen molar-refractivity contribution in [2.75, 3.05) is 34.5 Å². The predicted molar refractivity (Wildman–Crippen MR) is 72.8 cm³/mol. The van der Waals surface area contributed by atoms with Gasteiger partial charge in [0.2, 0.25) is 0 Å². The minimum atomic E-state index is 0.586. The van der Waals surface area contributed by atoms with Crippen molar-refractivity contribution in [3.05, 3.63) is 22.7 Å². The Morgan fingerprint density at radius 2 is 2.00 bits per heavy atom. The highest BCUT2D eigenvalue weighted by Gasteiger charge is 2.12. The van der Waals surface area contributed by atoms with Crippen molar-refractivity contribution in [3.8, 4) is 11.5 Å². The molecule has 0 saturated heterocycles. The molecule has 0 aliphatic carbocycles. The Bertz CT molecular complexity index is 371. The van der Waals surface area contributed by atoms with Crippen LogP contribution < -0.4 is 14.8 Å². The van der Waals surface area contributed by atoms with Gasteiger partial charge in [-0.2, -0.15) is 0 Å². The van der Waals surface area contributed by atoms with Gasteiger partial charge in [-0.1, -0.05) is 11.6 Å². The monoisotopic (exact) mass is 273 g/mol. The Hall–Kier alpha value is -0.970. The molecule has 0 amide bonds. The van der Waals surface area contributed by atoms with Crippen molar-refractivity contribution in [2.24, 2.45) is 0 Å². The molecule has 102 valence electrons. The van der Waals surface area contributed by atoms with Gasteiger partial charge in [-0.05, 0) is 13.1 Å². The van der Waals surface area contributed by atoms with E-state index in [0.717, 1.165) is 17.7 Å². The van der Waals surface area contributed by atoms with Crippen LogP contribution in [-0.4, -0.2) is 34.5 Å². The quantitative estimate of drug-likeness (QED) is 0.739. The first-order valence-corrected chi connectivity index (χ1v) is 6.23. The third-order valence-electron chi connectivity index (χ3n) is 2.42. The Kier molecular flexibility index (Phi) is 6.86. The standard InChI is InChI=1S/C13H20ClNO3/c1-15-9-10-7-11(14)8-12(17-3)13(10)18-6-4-5-16-2/h7-8,15H,4-6,9H2,1-3H3. The highest BCUT2D eigenvalue weighted by atomic mass is 35.5. The number of hydrogen-bond acceptors (Lipinski definition) is 4. The van der Waals surface area contributed by atoms with Crippen molar-refractivity contribution < 1.29 is 14.2 Å². The van der Waals surface area contributed by atoms with Crippen LogP contribution in [0.25, 0.3) is 0 Å². The molecule has 0 radical (unpaired) electrons. The molecule has 0 bridgehead atoms. The van der Waals surface area contributed by atoms with E-state index in [1.54, 1.807) is 20.3 Å². The van der Waals surface area contributed by atoms with Crippen LogP contribution in [0.5, 0.6) is 11.5 Å². The number of benzene rings is 1. The summed E-state index contributed by atoms with van der Waals surface area (Å²) in [7, 11) is 5.16. The Labute approximate surface area is 113 Å².